The minimum absolute atomic E-state index is 0.0434. The Bertz CT molecular complexity index is 704. The number of carbonyl (C=O) groups is 2. The van der Waals surface area contributed by atoms with E-state index in [4.69, 9.17) is 9.52 Å². The third-order valence-electron chi connectivity index (χ3n) is 3.46. The minimum atomic E-state index is -1.00. The summed E-state index contributed by atoms with van der Waals surface area (Å²) in [5, 5.41) is 16.6. The lowest BCUT2D eigenvalue weighted by atomic mass is 10.1. The fourth-order valence-electron chi connectivity index (χ4n) is 2.23. The van der Waals surface area contributed by atoms with Crippen molar-refractivity contribution in [2.24, 2.45) is 0 Å². The molecule has 0 bridgehead atoms. The summed E-state index contributed by atoms with van der Waals surface area (Å²) in [7, 11) is 0. The molecule has 1 N–H and O–H groups in total. The molecule has 0 radical (unpaired) electrons. The van der Waals surface area contributed by atoms with Crippen LogP contribution in [-0.4, -0.2) is 44.7 Å². The van der Waals surface area contributed by atoms with Crippen molar-refractivity contribution in [2.45, 2.75) is 25.8 Å². The summed E-state index contributed by atoms with van der Waals surface area (Å²) in [4.78, 5) is 24.7. The molecule has 2 aromatic rings. The van der Waals surface area contributed by atoms with Crippen molar-refractivity contribution in [1.29, 1.82) is 0 Å². The molecule has 1 aliphatic rings. The summed E-state index contributed by atoms with van der Waals surface area (Å²) in [6, 6.07) is 6.77. The fourth-order valence-corrected chi connectivity index (χ4v) is 2.23. The molecule has 22 heavy (non-hydrogen) atoms. The van der Waals surface area contributed by atoms with Crippen LogP contribution in [0.4, 0.5) is 0 Å². The second-order valence-electron chi connectivity index (χ2n) is 5.26. The zero-order valence-corrected chi connectivity index (χ0v) is 12.0. The molecule has 0 unspecified atom stereocenters. The van der Waals surface area contributed by atoms with Gasteiger partial charge in [0, 0.05) is 24.1 Å². The molecule has 1 aromatic heterocycles. The maximum Gasteiger partial charge on any atom is 0.323 e. The first-order valence-corrected chi connectivity index (χ1v) is 6.98. The van der Waals surface area contributed by atoms with Crippen molar-refractivity contribution < 1.29 is 19.1 Å². The van der Waals surface area contributed by atoms with Gasteiger partial charge in [-0.05, 0) is 37.1 Å². The lowest BCUT2D eigenvalue weighted by Crippen LogP contribution is -2.37. The number of carboxylic acid groups (broad SMARTS) is 1. The number of hydrogen-bond donors (Lipinski definition) is 1. The predicted octanol–water partition coefficient (Wildman–Crippen LogP) is 1.73. The van der Waals surface area contributed by atoms with Crippen molar-refractivity contribution >= 4 is 11.9 Å². The molecular weight excluding hydrogens is 286 g/mol. The van der Waals surface area contributed by atoms with E-state index in [-0.39, 0.29) is 18.5 Å². The highest BCUT2D eigenvalue weighted by molar-refractivity contribution is 5.96. The molecule has 0 saturated heterocycles. The molecule has 0 aliphatic heterocycles. The molecule has 0 atom stereocenters. The molecular formula is C15H15N3O4. The van der Waals surface area contributed by atoms with Gasteiger partial charge in [-0.25, -0.2) is 0 Å². The van der Waals surface area contributed by atoms with E-state index in [1.54, 1.807) is 31.2 Å². The van der Waals surface area contributed by atoms with E-state index < -0.39 is 5.97 Å². The van der Waals surface area contributed by atoms with Crippen LogP contribution in [0.5, 0.6) is 0 Å². The number of aliphatic carboxylic acids is 1. The van der Waals surface area contributed by atoms with E-state index in [2.05, 4.69) is 10.2 Å². The largest absolute Gasteiger partial charge is 0.480 e. The Morgan fingerprint density at radius 3 is 2.45 bits per heavy atom. The Kier molecular flexibility index (Phi) is 3.62. The van der Waals surface area contributed by atoms with Gasteiger partial charge in [-0.2, -0.15) is 0 Å². The number of nitrogens with zero attached hydrogens (tertiary/aromatic N) is 3. The average molecular weight is 301 g/mol. The SMILES string of the molecule is Cc1nnc(-c2ccc(C(=O)N(CC(=O)O)C3CC3)cc2)o1. The molecule has 1 amide bonds. The smallest absolute Gasteiger partial charge is 0.323 e. The molecule has 114 valence electrons. The van der Waals surface area contributed by atoms with Crippen LogP contribution in [0.25, 0.3) is 11.5 Å². The van der Waals surface area contributed by atoms with Gasteiger partial charge in [0.15, 0.2) is 0 Å². The summed E-state index contributed by atoms with van der Waals surface area (Å²) in [5.74, 6) is -0.408. The standard InChI is InChI=1S/C15H15N3O4/c1-9-16-17-14(22-9)10-2-4-11(5-3-10)15(21)18(8-13(19)20)12-6-7-12/h2-5,12H,6-8H2,1H3,(H,19,20). The summed E-state index contributed by atoms with van der Waals surface area (Å²) in [5.41, 5.74) is 1.17. The number of aromatic nitrogens is 2. The number of hydrogen-bond acceptors (Lipinski definition) is 5. The molecule has 3 rings (SSSR count). The van der Waals surface area contributed by atoms with Gasteiger partial charge in [0.2, 0.25) is 11.8 Å². The highest BCUT2D eigenvalue weighted by Crippen LogP contribution is 2.28. The molecule has 1 fully saturated rings. The van der Waals surface area contributed by atoms with Crippen LogP contribution in [0, 0.1) is 6.92 Å². The Morgan fingerprint density at radius 1 is 1.27 bits per heavy atom. The normalized spacial score (nSPS) is 13.9. The first-order chi connectivity index (χ1) is 10.5. The van der Waals surface area contributed by atoms with E-state index in [9.17, 15) is 9.59 Å². The first kappa shape index (κ1) is 14.2. The maximum atomic E-state index is 12.4. The van der Waals surface area contributed by atoms with E-state index in [1.165, 1.54) is 4.90 Å². The van der Waals surface area contributed by atoms with Crippen molar-refractivity contribution in [2.75, 3.05) is 6.54 Å². The highest BCUT2D eigenvalue weighted by atomic mass is 16.4. The number of aryl methyl sites for hydroxylation is 1. The van der Waals surface area contributed by atoms with Gasteiger partial charge in [0.05, 0.1) is 0 Å². The topological polar surface area (TPSA) is 96.5 Å². The summed E-state index contributed by atoms with van der Waals surface area (Å²) < 4.78 is 5.32. The Hall–Kier alpha value is -2.70. The van der Waals surface area contributed by atoms with E-state index in [1.807, 2.05) is 0 Å². The van der Waals surface area contributed by atoms with E-state index in [0.717, 1.165) is 12.8 Å². The van der Waals surface area contributed by atoms with Crippen LogP contribution in [0.15, 0.2) is 28.7 Å². The van der Waals surface area contributed by atoms with Crippen LogP contribution in [0.1, 0.15) is 29.1 Å². The van der Waals surface area contributed by atoms with Crippen LogP contribution in [-0.2, 0) is 4.79 Å². The number of carboxylic acids is 1. The average Bonchev–Trinajstić information content (AvgIpc) is 3.25. The second-order valence-corrected chi connectivity index (χ2v) is 5.26. The van der Waals surface area contributed by atoms with Crippen molar-refractivity contribution in [3.05, 3.63) is 35.7 Å². The molecule has 1 heterocycles. The summed E-state index contributed by atoms with van der Waals surface area (Å²) in [6.07, 6.45) is 1.72. The molecule has 1 aliphatic carbocycles. The van der Waals surface area contributed by atoms with Gasteiger partial charge in [-0.1, -0.05) is 0 Å². The van der Waals surface area contributed by atoms with Crippen LogP contribution >= 0.6 is 0 Å². The fraction of sp³-hybridized carbons (Fsp3) is 0.333. The molecule has 1 aromatic carbocycles. The van der Waals surface area contributed by atoms with E-state index >= 15 is 0 Å². The number of carbonyl (C=O) groups excluding carboxylic acids is 1. The Labute approximate surface area is 126 Å². The van der Waals surface area contributed by atoms with Gasteiger partial charge < -0.3 is 14.4 Å². The maximum absolute atomic E-state index is 12.4. The van der Waals surface area contributed by atoms with Crippen LogP contribution in [0.2, 0.25) is 0 Å². The third kappa shape index (κ3) is 2.98. The zero-order valence-electron chi connectivity index (χ0n) is 12.0. The second kappa shape index (κ2) is 5.59. The number of amides is 1. The monoisotopic (exact) mass is 301 g/mol. The number of benzene rings is 1. The summed E-state index contributed by atoms with van der Waals surface area (Å²) in [6.45, 7) is 1.43. The Balaban J connectivity index is 1.79. The Morgan fingerprint density at radius 2 is 1.95 bits per heavy atom. The zero-order chi connectivity index (χ0) is 15.7. The molecule has 1 saturated carbocycles. The predicted molar refractivity (Wildman–Crippen MR) is 76.2 cm³/mol. The van der Waals surface area contributed by atoms with Gasteiger partial charge in [0.1, 0.15) is 6.54 Å². The summed E-state index contributed by atoms with van der Waals surface area (Å²) >= 11 is 0. The first-order valence-electron chi connectivity index (χ1n) is 6.98. The van der Waals surface area contributed by atoms with E-state index in [0.29, 0.717) is 22.9 Å². The molecule has 7 nitrogen and oxygen atoms in total. The van der Waals surface area contributed by atoms with Gasteiger partial charge in [-0.3, -0.25) is 9.59 Å². The van der Waals surface area contributed by atoms with Gasteiger partial charge in [-0.15, -0.1) is 10.2 Å². The van der Waals surface area contributed by atoms with Crippen molar-refractivity contribution in [3.63, 3.8) is 0 Å². The third-order valence-corrected chi connectivity index (χ3v) is 3.46. The van der Waals surface area contributed by atoms with Crippen LogP contribution in [0.3, 0.4) is 0 Å². The minimum Gasteiger partial charge on any atom is -0.480 e. The number of rotatable bonds is 5. The quantitative estimate of drug-likeness (QED) is 0.903. The molecule has 0 spiro atoms. The van der Waals surface area contributed by atoms with Crippen LogP contribution < -0.4 is 0 Å². The van der Waals surface area contributed by atoms with Crippen molar-refractivity contribution in [1.82, 2.24) is 15.1 Å². The lowest BCUT2D eigenvalue weighted by Gasteiger charge is -2.20. The van der Waals surface area contributed by atoms with Gasteiger partial charge >= 0.3 is 5.97 Å². The highest BCUT2D eigenvalue weighted by Gasteiger charge is 2.34. The van der Waals surface area contributed by atoms with Gasteiger partial charge in [0.25, 0.3) is 5.91 Å². The van der Waals surface area contributed by atoms with Crippen molar-refractivity contribution in [3.8, 4) is 11.5 Å². The lowest BCUT2D eigenvalue weighted by molar-refractivity contribution is -0.137. The molecule has 7 heteroatoms.